The maximum atomic E-state index is 11.1. The standard InChI is InChI=1S/C38H60O12/c1-17-8-11-38(46-15-17)18(2)28-26(50-38)14-24-22-7-6-20-12-21(39)13-27(37(20,5)23(22)9-10-36(24,28)4)48-35-33(30(42)25(40)16-45-35)49-34-32(44)31(43)29(41)19(3)47-34/h6,17-19,21-35,39-44H,7-16H2,1-5H3/t17-,18-,19?,21+,22?,23?,24?,25+,26?,27+,28?,29-,30?,31?,32?,33?,34-,35+,36-,37-,38+/m0/s1. The minimum Gasteiger partial charge on any atom is -0.393 e. The van der Waals surface area contributed by atoms with Gasteiger partial charge >= 0.3 is 0 Å². The Morgan fingerprint density at radius 3 is 2.34 bits per heavy atom. The van der Waals surface area contributed by atoms with Crippen LogP contribution in [-0.4, -0.2) is 123 Å². The van der Waals surface area contributed by atoms with Gasteiger partial charge in [-0.15, -0.1) is 0 Å². The largest absolute Gasteiger partial charge is 0.393 e. The molecular weight excluding hydrogens is 648 g/mol. The summed E-state index contributed by atoms with van der Waals surface area (Å²) in [5, 5.41) is 64.1. The third-order valence-electron chi connectivity index (χ3n) is 15.2. The Balaban J connectivity index is 1.04. The summed E-state index contributed by atoms with van der Waals surface area (Å²) >= 11 is 0. The van der Waals surface area contributed by atoms with Crippen LogP contribution in [0.3, 0.4) is 0 Å². The van der Waals surface area contributed by atoms with Crippen molar-refractivity contribution < 1.29 is 59.1 Å². The fourth-order valence-electron chi connectivity index (χ4n) is 12.4. The van der Waals surface area contributed by atoms with Crippen molar-refractivity contribution in [2.24, 2.45) is 46.3 Å². The second kappa shape index (κ2) is 12.9. The number of hydrogen-bond donors (Lipinski definition) is 6. The van der Waals surface area contributed by atoms with Crippen molar-refractivity contribution in [3.05, 3.63) is 11.6 Å². The van der Waals surface area contributed by atoms with Gasteiger partial charge in [-0.1, -0.05) is 39.3 Å². The van der Waals surface area contributed by atoms with E-state index < -0.39 is 78.7 Å². The summed E-state index contributed by atoms with van der Waals surface area (Å²) in [5.41, 5.74) is 0.917. The van der Waals surface area contributed by atoms with Crippen LogP contribution in [0.5, 0.6) is 0 Å². The van der Waals surface area contributed by atoms with Gasteiger partial charge in [0.05, 0.1) is 37.6 Å². The van der Waals surface area contributed by atoms with Crippen LogP contribution in [0.25, 0.3) is 0 Å². The summed E-state index contributed by atoms with van der Waals surface area (Å²) in [4.78, 5) is 0. The van der Waals surface area contributed by atoms with E-state index in [-0.39, 0.29) is 18.1 Å². The second-order valence-corrected chi connectivity index (χ2v) is 17.9. The maximum Gasteiger partial charge on any atom is 0.187 e. The van der Waals surface area contributed by atoms with E-state index in [4.69, 9.17) is 28.4 Å². The molecule has 1 spiro atoms. The highest BCUT2D eigenvalue weighted by Gasteiger charge is 2.69. The first-order chi connectivity index (χ1) is 23.7. The molecule has 0 amide bonds. The van der Waals surface area contributed by atoms with E-state index in [9.17, 15) is 30.6 Å². The molecule has 4 saturated heterocycles. The van der Waals surface area contributed by atoms with Gasteiger partial charge in [-0.05, 0) is 80.5 Å². The molecule has 6 N–H and O–H groups in total. The Kier molecular flexibility index (Phi) is 9.38. The summed E-state index contributed by atoms with van der Waals surface area (Å²) in [5.74, 6) is 2.08. The van der Waals surface area contributed by atoms with E-state index >= 15 is 0 Å². The molecule has 8 aliphatic rings. The van der Waals surface area contributed by atoms with E-state index in [2.05, 4.69) is 33.8 Å². The Bertz CT molecular complexity index is 1290. The van der Waals surface area contributed by atoms with Gasteiger partial charge in [0.2, 0.25) is 0 Å². The highest BCUT2D eigenvalue weighted by molar-refractivity contribution is 5.28. The van der Waals surface area contributed by atoms with Crippen LogP contribution in [0.1, 0.15) is 86.0 Å². The van der Waals surface area contributed by atoms with E-state index in [0.717, 1.165) is 45.1 Å². The quantitative estimate of drug-likeness (QED) is 0.235. The smallest absolute Gasteiger partial charge is 0.187 e. The Hall–Kier alpha value is -0.740. The van der Waals surface area contributed by atoms with Crippen molar-refractivity contribution in [3.63, 3.8) is 0 Å². The van der Waals surface area contributed by atoms with Crippen LogP contribution in [0.15, 0.2) is 11.6 Å². The number of ether oxygens (including phenoxy) is 6. The molecule has 7 fully saturated rings. The molecule has 0 aromatic heterocycles. The van der Waals surface area contributed by atoms with Crippen LogP contribution < -0.4 is 0 Å². The van der Waals surface area contributed by atoms with Crippen LogP contribution in [0.4, 0.5) is 0 Å². The van der Waals surface area contributed by atoms with Crippen molar-refractivity contribution in [1.29, 1.82) is 0 Å². The highest BCUT2D eigenvalue weighted by atomic mass is 16.8. The summed E-state index contributed by atoms with van der Waals surface area (Å²) in [6.07, 6.45) is -3.26. The number of fused-ring (bicyclic) bond motifs is 7. The van der Waals surface area contributed by atoms with Crippen molar-refractivity contribution >= 4 is 0 Å². The van der Waals surface area contributed by atoms with Crippen LogP contribution in [0, 0.1) is 46.3 Å². The number of hydrogen-bond acceptors (Lipinski definition) is 12. The molecule has 284 valence electrons. The fourth-order valence-corrected chi connectivity index (χ4v) is 12.4. The molecule has 0 radical (unpaired) electrons. The van der Waals surface area contributed by atoms with Gasteiger partial charge in [-0.3, -0.25) is 0 Å². The van der Waals surface area contributed by atoms with Gasteiger partial charge in [0.15, 0.2) is 18.4 Å². The number of aliphatic hydroxyl groups is 6. The summed E-state index contributed by atoms with van der Waals surface area (Å²) < 4.78 is 38.0. The highest BCUT2D eigenvalue weighted by Crippen LogP contribution is 2.71. The third kappa shape index (κ3) is 5.45. The molecule has 21 atom stereocenters. The summed E-state index contributed by atoms with van der Waals surface area (Å²) in [7, 11) is 0. The first-order valence-electron chi connectivity index (χ1n) is 19.4. The number of aliphatic hydroxyl groups excluding tert-OH is 6. The lowest BCUT2D eigenvalue weighted by atomic mass is 9.46. The lowest BCUT2D eigenvalue weighted by Crippen LogP contribution is -2.63. The number of allylic oxidation sites excluding steroid dienone is 1. The van der Waals surface area contributed by atoms with Gasteiger partial charge in [-0.2, -0.15) is 0 Å². The summed E-state index contributed by atoms with van der Waals surface area (Å²) in [6, 6.07) is 0. The average Bonchev–Trinajstić information content (AvgIpc) is 3.53. The zero-order valence-corrected chi connectivity index (χ0v) is 30.2. The van der Waals surface area contributed by atoms with Crippen LogP contribution in [-0.2, 0) is 28.4 Å². The molecule has 50 heavy (non-hydrogen) atoms. The first-order valence-corrected chi connectivity index (χ1v) is 19.4. The van der Waals surface area contributed by atoms with E-state index in [1.54, 1.807) is 6.92 Å². The van der Waals surface area contributed by atoms with Crippen molar-refractivity contribution in [3.8, 4) is 0 Å². The molecule has 4 heterocycles. The predicted octanol–water partition coefficient (Wildman–Crippen LogP) is 2.00. The lowest BCUT2D eigenvalue weighted by Gasteiger charge is -2.60. The SMILES string of the molecule is CC1O[C@@H](OC2C(O)[C@H](O)CO[C@@H]2O[C@@H]2C[C@H](O)CC3=CCC4C5CC6O[C@]7(CC[C@H](C)CO7)[C@@H](C)C6[C@@]5(C)CCC4[C@]32C)C(O)C(O)[C@H]1O. The van der Waals surface area contributed by atoms with Gasteiger partial charge in [-0.25, -0.2) is 0 Å². The molecule has 4 aliphatic carbocycles. The monoisotopic (exact) mass is 708 g/mol. The molecular formula is C38H60O12. The molecule has 3 saturated carbocycles. The molecule has 0 aromatic rings. The molecule has 8 rings (SSSR count). The topological polar surface area (TPSA) is 177 Å². The van der Waals surface area contributed by atoms with Gasteiger partial charge in [0, 0.05) is 24.2 Å². The van der Waals surface area contributed by atoms with Gasteiger partial charge < -0.3 is 59.1 Å². The third-order valence-corrected chi connectivity index (χ3v) is 15.2. The minimum atomic E-state index is -1.60. The van der Waals surface area contributed by atoms with E-state index in [1.165, 1.54) is 5.57 Å². The molecule has 4 aliphatic heterocycles. The second-order valence-electron chi connectivity index (χ2n) is 17.9. The van der Waals surface area contributed by atoms with Crippen molar-refractivity contribution in [2.45, 2.75) is 165 Å². The average molecular weight is 709 g/mol. The predicted molar refractivity (Wildman–Crippen MR) is 177 cm³/mol. The van der Waals surface area contributed by atoms with Gasteiger partial charge in [0.1, 0.15) is 36.6 Å². The van der Waals surface area contributed by atoms with Crippen molar-refractivity contribution in [1.82, 2.24) is 0 Å². The normalized spacial score (nSPS) is 59.3. The first kappa shape index (κ1) is 36.2. The molecule has 10 unspecified atom stereocenters. The van der Waals surface area contributed by atoms with Gasteiger partial charge in [0.25, 0.3) is 0 Å². The van der Waals surface area contributed by atoms with Crippen LogP contribution >= 0.6 is 0 Å². The van der Waals surface area contributed by atoms with Crippen molar-refractivity contribution in [2.75, 3.05) is 13.2 Å². The molecule has 12 heteroatoms. The zero-order valence-electron chi connectivity index (χ0n) is 30.2. The van der Waals surface area contributed by atoms with E-state index in [1.807, 2.05) is 0 Å². The van der Waals surface area contributed by atoms with Crippen LogP contribution in [0.2, 0.25) is 0 Å². The number of rotatable bonds is 4. The summed E-state index contributed by atoms with van der Waals surface area (Å²) in [6.45, 7) is 11.5. The Labute approximate surface area is 295 Å². The molecule has 0 bridgehead atoms. The minimum absolute atomic E-state index is 0.134. The maximum absolute atomic E-state index is 11.1. The lowest BCUT2D eigenvalue weighted by molar-refractivity contribution is -0.362. The molecule has 12 nitrogen and oxygen atoms in total. The fraction of sp³-hybridized carbons (Fsp3) is 0.947. The Morgan fingerprint density at radius 2 is 1.60 bits per heavy atom. The molecule has 0 aromatic carbocycles. The van der Waals surface area contributed by atoms with E-state index in [0.29, 0.717) is 48.3 Å². The zero-order chi connectivity index (χ0) is 35.5. The Morgan fingerprint density at radius 1 is 0.820 bits per heavy atom.